The van der Waals surface area contributed by atoms with Crippen LogP contribution in [0.1, 0.15) is 52.9 Å². The van der Waals surface area contributed by atoms with Gasteiger partial charge >= 0.3 is 6.09 Å². The van der Waals surface area contributed by atoms with Gasteiger partial charge in [0, 0.05) is 24.5 Å². The van der Waals surface area contributed by atoms with Gasteiger partial charge in [0.2, 0.25) is 0 Å². The van der Waals surface area contributed by atoms with Crippen LogP contribution >= 0.6 is 0 Å². The van der Waals surface area contributed by atoms with E-state index in [0.29, 0.717) is 13.1 Å². The first-order valence-corrected chi connectivity index (χ1v) is 8.55. The zero-order valence-electron chi connectivity index (χ0n) is 12.6. The van der Waals surface area contributed by atoms with Crippen molar-refractivity contribution in [3.05, 3.63) is 0 Å². The van der Waals surface area contributed by atoms with Crippen molar-refractivity contribution in [3.8, 4) is 0 Å². The lowest BCUT2D eigenvalue weighted by molar-refractivity contribution is 0.0807. The molecule has 1 amide bonds. The molecule has 1 heterocycles. The summed E-state index contributed by atoms with van der Waals surface area (Å²) in [4.78, 5) is 12.5. The average molecular weight is 302 g/mol. The summed E-state index contributed by atoms with van der Waals surface area (Å²) in [5, 5.41) is 9.05. The molecule has 0 bridgehead atoms. The van der Waals surface area contributed by atoms with Crippen LogP contribution in [0.3, 0.4) is 0 Å². The lowest BCUT2D eigenvalue weighted by Crippen LogP contribution is -2.53. The summed E-state index contributed by atoms with van der Waals surface area (Å²) in [6, 6.07) is 0.263. The Balaban J connectivity index is 1.99. The van der Waals surface area contributed by atoms with Gasteiger partial charge in [-0.25, -0.2) is 4.79 Å². The van der Waals surface area contributed by atoms with Crippen molar-refractivity contribution in [1.82, 2.24) is 9.62 Å². The molecule has 1 spiro atoms. The van der Waals surface area contributed by atoms with Crippen LogP contribution in [0.4, 0.5) is 4.79 Å². The maximum atomic E-state index is 12.3. The molecule has 2 aliphatic rings. The van der Waals surface area contributed by atoms with Crippen LogP contribution in [0.15, 0.2) is 0 Å². The van der Waals surface area contributed by atoms with E-state index in [0.717, 1.165) is 32.1 Å². The molecule has 6 heteroatoms. The van der Waals surface area contributed by atoms with Crippen molar-refractivity contribution in [2.24, 2.45) is 5.41 Å². The van der Waals surface area contributed by atoms with Gasteiger partial charge in [-0.1, -0.05) is 6.42 Å². The zero-order valence-corrected chi connectivity index (χ0v) is 13.5. The second kappa shape index (κ2) is 5.73. The third-order valence-electron chi connectivity index (χ3n) is 4.74. The van der Waals surface area contributed by atoms with Crippen LogP contribution in [0.25, 0.3) is 0 Å². The van der Waals surface area contributed by atoms with Gasteiger partial charge in [0.05, 0.1) is 6.04 Å². The van der Waals surface area contributed by atoms with E-state index >= 15 is 0 Å². The summed E-state index contributed by atoms with van der Waals surface area (Å²) in [5.74, 6) is 0. The Kier molecular flexibility index (Phi) is 4.56. The van der Waals surface area contributed by atoms with Crippen molar-refractivity contribution in [2.75, 3.05) is 13.1 Å². The smallest absolute Gasteiger partial charge is 0.407 e. The molecule has 0 unspecified atom stereocenters. The topological polar surface area (TPSA) is 75.6 Å². The molecule has 2 atom stereocenters. The highest BCUT2D eigenvalue weighted by molar-refractivity contribution is 7.90. The normalized spacial score (nSPS) is 27.8. The lowest BCUT2D eigenvalue weighted by atomic mass is 9.74. The number of rotatable bonds is 2. The van der Waals surface area contributed by atoms with Crippen molar-refractivity contribution in [1.29, 1.82) is 0 Å². The highest BCUT2D eigenvalue weighted by atomic mass is 32.2. The summed E-state index contributed by atoms with van der Waals surface area (Å²) in [6.07, 6.45) is 4.28. The summed E-state index contributed by atoms with van der Waals surface area (Å²) >= 11 is -1.05. The Morgan fingerprint density at radius 2 is 1.95 bits per heavy atom. The number of hydrogen-bond acceptors (Lipinski definition) is 3. The van der Waals surface area contributed by atoms with Gasteiger partial charge in [0.1, 0.15) is 4.75 Å². The number of carboxylic acid groups (broad SMARTS) is 1. The van der Waals surface area contributed by atoms with Gasteiger partial charge in [-0.2, -0.15) is 0 Å². The predicted molar refractivity (Wildman–Crippen MR) is 79.9 cm³/mol. The maximum absolute atomic E-state index is 12.3. The molecule has 0 aromatic carbocycles. The number of nitrogens with one attached hydrogen (secondary N) is 1. The molecule has 2 fully saturated rings. The number of nitrogens with zero attached hydrogens (tertiary/aromatic N) is 1. The fourth-order valence-corrected chi connectivity index (χ4v) is 4.35. The molecule has 2 rings (SSSR count). The molecule has 20 heavy (non-hydrogen) atoms. The number of likely N-dealkylation sites (tertiary alicyclic amines) is 1. The molecule has 1 saturated heterocycles. The van der Waals surface area contributed by atoms with Crippen LogP contribution in [-0.4, -0.2) is 44.5 Å². The van der Waals surface area contributed by atoms with Crippen LogP contribution in [0, 0.1) is 5.41 Å². The van der Waals surface area contributed by atoms with Crippen molar-refractivity contribution in [2.45, 2.75) is 63.7 Å². The molecule has 5 nitrogen and oxygen atoms in total. The minimum absolute atomic E-state index is 0.146. The molecular formula is C14H26N2O3S. The van der Waals surface area contributed by atoms with Crippen LogP contribution in [0.5, 0.6) is 0 Å². The fraction of sp³-hybridized carbons (Fsp3) is 0.929. The van der Waals surface area contributed by atoms with Crippen molar-refractivity contribution >= 4 is 17.5 Å². The Morgan fingerprint density at radius 3 is 2.45 bits per heavy atom. The minimum atomic E-state index is -1.05. The Hall–Kier alpha value is -0.460. The molecule has 1 aliphatic carbocycles. The van der Waals surface area contributed by atoms with Gasteiger partial charge in [-0.3, -0.25) is 0 Å². The first-order chi connectivity index (χ1) is 9.24. The molecule has 1 saturated carbocycles. The number of piperidine rings is 1. The molecule has 2 N–H and O–H groups in total. The maximum Gasteiger partial charge on any atom is 0.407 e. The highest BCUT2D eigenvalue weighted by Gasteiger charge is 2.48. The molecule has 0 aromatic rings. The summed E-state index contributed by atoms with van der Waals surface area (Å²) in [6.45, 7) is 7.14. The second-order valence-electron chi connectivity index (χ2n) is 7.08. The van der Waals surface area contributed by atoms with E-state index in [-0.39, 0.29) is 16.2 Å². The van der Waals surface area contributed by atoms with E-state index in [1.54, 1.807) is 0 Å². The number of hydrogen-bond donors (Lipinski definition) is 2. The summed E-state index contributed by atoms with van der Waals surface area (Å²) in [7, 11) is 0. The molecular weight excluding hydrogens is 276 g/mol. The molecule has 0 aromatic heterocycles. The average Bonchev–Trinajstić information content (AvgIpc) is 2.71. The van der Waals surface area contributed by atoms with Crippen molar-refractivity contribution in [3.63, 3.8) is 0 Å². The van der Waals surface area contributed by atoms with E-state index in [1.807, 2.05) is 20.8 Å². The van der Waals surface area contributed by atoms with Gasteiger partial charge < -0.3 is 14.6 Å². The van der Waals surface area contributed by atoms with Crippen molar-refractivity contribution < 1.29 is 14.5 Å². The minimum Gasteiger partial charge on any atom is -0.598 e. The lowest BCUT2D eigenvalue weighted by Gasteiger charge is -2.43. The van der Waals surface area contributed by atoms with Crippen LogP contribution < -0.4 is 4.72 Å². The van der Waals surface area contributed by atoms with Crippen LogP contribution in [0.2, 0.25) is 0 Å². The number of carbonyl (C=O) groups is 1. The zero-order chi connectivity index (χ0) is 15.0. The van der Waals surface area contributed by atoms with E-state index in [4.69, 9.17) is 5.11 Å². The fourth-order valence-electron chi connectivity index (χ4n) is 3.37. The van der Waals surface area contributed by atoms with E-state index in [9.17, 15) is 9.35 Å². The number of amides is 1. The first kappa shape index (κ1) is 15.9. The molecule has 1 aliphatic heterocycles. The van der Waals surface area contributed by atoms with Gasteiger partial charge in [0.25, 0.3) is 0 Å². The Bertz CT molecular complexity index is 362. The monoisotopic (exact) mass is 302 g/mol. The van der Waals surface area contributed by atoms with Gasteiger partial charge in [-0.15, -0.1) is 4.72 Å². The largest absolute Gasteiger partial charge is 0.598 e. The third-order valence-corrected chi connectivity index (χ3v) is 6.35. The third kappa shape index (κ3) is 3.23. The summed E-state index contributed by atoms with van der Waals surface area (Å²) < 4.78 is 15.4. The van der Waals surface area contributed by atoms with Gasteiger partial charge in [-0.05, 0) is 51.9 Å². The Morgan fingerprint density at radius 1 is 1.35 bits per heavy atom. The van der Waals surface area contributed by atoms with E-state index in [1.165, 1.54) is 4.90 Å². The van der Waals surface area contributed by atoms with Crippen LogP contribution in [-0.2, 0) is 11.4 Å². The second-order valence-corrected chi connectivity index (χ2v) is 9.07. The highest BCUT2D eigenvalue weighted by Crippen LogP contribution is 2.47. The first-order valence-electron chi connectivity index (χ1n) is 7.40. The van der Waals surface area contributed by atoms with E-state index < -0.39 is 17.5 Å². The van der Waals surface area contributed by atoms with Gasteiger partial charge in [0.15, 0.2) is 0 Å². The molecule has 116 valence electrons. The standard InChI is InChI=1S/C14H26N2O3S/c1-13(2,3)20(19)15-11-5-4-6-14(11)7-9-16(10-8-14)12(17)18/h11,15H,4-10H2,1-3H3,(H,17,18)/t11-,20-/m1/s1. The molecule has 0 radical (unpaired) electrons. The predicted octanol–water partition coefficient (Wildman–Crippen LogP) is 2.35. The van der Waals surface area contributed by atoms with E-state index in [2.05, 4.69) is 4.72 Å². The quantitative estimate of drug-likeness (QED) is 0.768. The Labute approximate surface area is 124 Å². The SMILES string of the molecule is CC(C)(C)[S@@+]([O-])N[C@@H]1CCCC12CCN(C(=O)O)CC2. The summed E-state index contributed by atoms with van der Waals surface area (Å²) in [5.41, 5.74) is 0.146.